The van der Waals surface area contributed by atoms with Crippen LogP contribution in [0.1, 0.15) is 19.4 Å². The standard InChI is InChI=1S/C25H26NO4P.BrH/c1-24(2)29-18-25(19-30-24,26(27)28)17-20-11-9-10-16-23(20)31(21-12-5-3-6-13-21)22-14-7-4-8-15-22;/h3-16H,17-19H2,1-2H3;1H. The van der Waals surface area contributed by atoms with Crippen molar-refractivity contribution in [3.8, 4) is 0 Å². The van der Waals surface area contributed by atoms with E-state index in [0.717, 1.165) is 10.9 Å². The molecule has 1 aliphatic heterocycles. The fourth-order valence-electron chi connectivity index (χ4n) is 3.79. The third kappa shape index (κ3) is 5.26. The van der Waals surface area contributed by atoms with Gasteiger partial charge in [-0.1, -0.05) is 84.9 Å². The predicted octanol–water partition coefficient (Wildman–Crippen LogP) is 4.36. The minimum absolute atomic E-state index is 0. The van der Waals surface area contributed by atoms with Crippen LogP contribution in [0.5, 0.6) is 0 Å². The normalized spacial score (nSPS) is 16.8. The highest BCUT2D eigenvalue weighted by Gasteiger charge is 2.50. The van der Waals surface area contributed by atoms with Crippen LogP contribution in [0, 0.1) is 10.1 Å². The summed E-state index contributed by atoms with van der Waals surface area (Å²) in [6.45, 7) is 3.62. The number of nitro groups is 1. The molecule has 0 saturated carbocycles. The lowest BCUT2D eigenvalue weighted by Crippen LogP contribution is -2.57. The maximum absolute atomic E-state index is 12.2. The maximum atomic E-state index is 12.2. The molecular weight excluding hydrogens is 489 g/mol. The Bertz CT molecular complexity index is 997. The van der Waals surface area contributed by atoms with Crippen LogP contribution in [0.2, 0.25) is 0 Å². The van der Waals surface area contributed by atoms with Gasteiger partial charge in [-0.25, -0.2) is 0 Å². The zero-order valence-corrected chi connectivity index (χ0v) is 20.7. The molecule has 0 bridgehead atoms. The summed E-state index contributed by atoms with van der Waals surface area (Å²) in [4.78, 5) is 11.9. The minimum Gasteiger partial charge on any atom is -0.343 e. The number of ether oxygens (including phenoxy) is 2. The van der Waals surface area contributed by atoms with Gasteiger partial charge in [0.05, 0.1) is 0 Å². The van der Waals surface area contributed by atoms with E-state index < -0.39 is 19.2 Å². The van der Waals surface area contributed by atoms with Gasteiger partial charge in [-0.3, -0.25) is 10.1 Å². The first kappa shape index (κ1) is 24.5. The van der Waals surface area contributed by atoms with Crippen molar-refractivity contribution in [2.75, 3.05) is 13.2 Å². The summed E-state index contributed by atoms with van der Waals surface area (Å²) in [6.07, 6.45) is 0.255. The highest BCUT2D eigenvalue weighted by molar-refractivity contribution is 8.93. The lowest BCUT2D eigenvalue weighted by atomic mass is 9.92. The van der Waals surface area contributed by atoms with Crippen molar-refractivity contribution in [1.29, 1.82) is 0 Å². The molecule has 4 rings (SSSR count). The summed E-state index contributed by atoms with van der Waals surface area (Å²) in [5.41, 5.74) is -0.343. The first-order valence-corrected chi connectivity index (χ1v) is 11.6. The van der Waals surface area contributed by atoms with Crippen LogP contribution in [0.4, 0.5) is 0 Å². The van der Waals surface area contributed by atoms with E-state index in [2.05, 4.69) is 30.3 Å². The third-order valence-electron chi connectivity index (χ3n) is 5.54. The molecule has 1 saturated heterocycles. The Balaban J connectivity index is 0.00000289. The van der Waals surface area contributed by atoms with E-state index in [-0.39, 0.29) is 41.5 Å². The van der Waals surface area contributed by atoms with Crippen LogP contribution in [0.25, 0.3) is 0 Å². The monoisotopic (exact) mass is 515 g/mol. The number of hydrogen-bond donors (Lipinski definition) is 0. The molecule has 3 aromatic carbocycles. The zero-order valence-electron chi connectivity index (χ0n) is 18.1. The van der Waals surface area contributed by atoms with Gasteiger partial charge in [-0.15, -0.1) is 17.0 Å². The molecule has 0 atom stereocenters. The Hall–Kier alpha value is -2.11. The number of halogens is 1. The molecule has 0 aliphatic carbocycles. The molecule has 5 nitrogen and oxygen atoms in total. The fourth-order valence-corrected chi connectivity index (χ4v) is 6.26. The number of rotatable bonds is 6. The first-order chi connectivity index (χ1) is 14.9. The summed E-state index contributed by atoms with van der Waals surface area (Å²) >= 11 is 0. The van der Waals surface area contributed by atoms with Gasteiger partial charge in [0.2, 0.25) is 0 Å². The Kier molecular flexibility index (Phi) is 7.84. The Morgan fingerprint density at radius 2 is 1.31 bits per heavy atom. The van der Waals surface area contributed by atoms with Crippen molar-refractivity contribution >= 4 is 40.8 Å². The topological polar surface area (TPSA) is 61.6 Å². The third-order valence-corrected chi connectivity index (χ3v) is 8.09. The molecule has 0 amide bonds. The van der Waals surface area contributed by atoms with Gasteiger partial charge in [-0.05, 0) is 43.2 Å². The molecule has 32 heavy (non-hydrogen) atoms. The highest BCUT2D eigenvalue weighted by atomic mass is 79.9. The van der Waals surface area contributed by atoms with E-state index in [4.69, 9.17) is 9.47 Å². The van der Waals surface area contributed by atoms with E-state index in [0.29, 0.717) is 0 Å². The van der Waals surface area contributed by atoms with Gasteiger partial charge in [-0.2, -0.15) is 0 Å². The van der Waals surface area contributed by atoms with Crippen molar-refractivity contribution in [2.45, 2.75) is 31.6 Å². The van der Waals surface area contributed by atoms with Gasteiger partial charge in [0.1, 0.15) is 13.2 Å². The molecule has 0 radical (unpaired) electrons. The fraction of sp³-hybridized carbons (Fsp3) is 0.280. The molecule has 1 heterocycles. The van der Waals surface area contributed by atoms with Crippen molar-refractivity contribution in [2.24, 2.45) is 0 Å². The average Bonchev–Trinajstić information content (AvgIpc) is 2.78. The van der Waals surface area contributed by atoms with Crippen LogP contribution in [0.3, 0.4) is 0 Å². The van der Waals surface area contributed by atoms with E-state index in [1.54, 1.807) is 13.8 Å². The van der Waals surface area contributed by atoms with Gasteiger partial charge >= 0.3 is 0 Å². The molecule has 1 aliphatic rings. The van der Waals surface area contributed by atoms with Crippen molar-refractivity contribution in [3.63, 3.8) is 0 Å². The molecular formula is C25H27BrNO4P. The van der Waals surface area contributed by atoms with Gasteiger partial charge < -0.3 is 9.47 Å². The van der Waals surface area contributed by atoms with Crippen LogP contribution in [0.15, 0.2) is 84.9 Å². The average molecular weight is 516 g/mol. The van der Waals surface area contributed by atoms with Crippen LogP contribution >= 0.6 is 24.9 Å². The van der Waals surface area contributed by atoms with E-state index >= 15 is 0 Å². The predicted molar refractivity (Wildman–Crippen MR) is 135 cm³/mol. The summed E-state index contributed by atoms with van der Waals surface area (Å²) in [5, 5.41) is 15.7. The van der Waals surface area contributed by atoms with E-state index in [1.807, 2.05) is 54.6 Å². The molecule has 0 unspecified atom stereocenters. The smallest absolute Gasteiger partial charge is 0.272 e. The summed E-state index contributed by atoms with van der Waals surface area (Å²) in [7, 11) is -0.858. The lowest BCUT2D eigenvalue weighted by molar-refractivity contribution is -0.595. The van der Waals surface area contributed by atoms with Crippen molar-refractivity contribution in [3.05, 3.63) is 101 Å². The first-order valence-electron chi connectivity index (χ1n) is 10.3. The molecule has 0 aromatic heterocycles. The Morgan fingerprint density at radius 1 is 0.844 bits per heavy atom. The number of benzene rings is 3. The largest absolute Gasteiger partial charge is 0.343 e. The molecule has 1 fully saturated rings. The molecule has 7 heteroatoms. The maximum Gasteiger partial charge on any atom is 0.272 e. The van der Waals surface area contributed by atoms with Gasteiger partial charge in [0.15, 0.2) is 5.79 Å². The van der Waals surface area contributed by atoms with Crippen LogP contribution in [-0.2, 0) is 15.9 Å². The second-order valence-corrected chi connectivity index (χ2v) is 10.5. The van der Waals surface area contributed by atoms with Crippen LogP contribution in [-0.4, -0.2) is 29.5 Å². The Labute approximate surface area is 200 Å². The number of nitrogens with zero attached hydrogens (tertiary/aromatic N) is 1. The van der Waals surface area contributed by atoms with Gasteiger partial charge in [0.25, 0.3) is 5.54 Å². The van der Waals surface area contributed by atoms with E-state index in [1.165, 1.54) is 10.6 Å². The lowest BCUT2D eigenvalue weighted by Gasteiger charge is -2.38. The zero-order chi connectivity index (χ0) is 21.9. The highest BCUT2D eigenvalue weighted by Crippen LogP contribution is 2.36. The van der Waals surface area contributed by atoms with E-state index in [9.17, 15) is 10.1 Å². The SMILES string of the molecule is Br.CC1(C)OCC(Cc2ccccc2P(c2ccccc2)c2ccccc2)([N+](=O)[O-])CO1. The van der Waals surface area contributed by atoms with Crippen molar-refractivity contribution < 1.29 is 14.4 Å². The molecule has 0 spiro atoms. The Morgan fingerprint density at radius 3 is 1.81 bits per heavy atom. The minimum atomic E-state index is -1.31. The number of hydrogen-bond acceptors (Lipinski definition) is 4. The molecule has 168 valence electrons. The second-order valence-electron chi connectivity index (χ2n) is 8.27. The molecule has 0 N–H and O–H groups in total. The van der Waals surface area contributed by atoms with Gasteiger partial charge in [0, 0.05) is 11.3 Å². The molecule has 3 aromatic rings. The summed E-state index contributed by atoms with van der Waals surface area (Å²) in [5.74, 6) is -0.806. The summed E-state index contributed by atoms with van der Waals surface area (Å²) in [6, 6.07) is 28.8. The second kappa shape index (κ2) is 10.2. The van der Waals surface area contributed by atoms with Crippen LogP contribution < -0.4 is 15.9 Å². The van der Waals surface area contributed by atoms with Crippen molar-refractivity contribution in [1.82, 2.24) is 0 Å². The summed E-state index contributed by atoms with van der Waals surface area (Å²) < 4.78 is 11.5. The quantitative estimate of drug-likeness (QED) is 0.278.